The Morgan fingerprint density at radius 1 is 1.26 bits per heavy atom. The van der Waals surface area contributed by atoms with Crippen molar-refractivity contribution in [3.05, 3.63) is 57.8 Å². The summed E-state index contributed by atoms with van der Waals surface area (Å²) in [4.78, 5) is 1.20. The second kappa shape index (κ2) is 12.0. The maximum atomic E-state index is 10.3. The van der Waals surface area contributed by atoms with Crippen LogP contribution in [0.1, 0.15) is 67.1 Å². The predicted molar refractivity (Wildman–Crippen MR) is 109 cm³/mol. The molecular weight excluding hydrogens is 453 g/mol. The summed E-state index contributed by atoms with van der Waals surface area (Å²) in [6.45, 7) is 3.48. The van der Waals surface area contributed by atoms with Gasteiger partial charge in [-0.1, -0.05) is 44.0 Å². The number of benzene rings is 1. The van der Waals surface area contributed by atoms with Gasteiger partial charge in [-0.2, -0.15) is 12.1 Å². The number of ether oxygens (including phenoxy) is 1. The van der Waals surface area contributed by atoms with Crippen LogP contribution < -0.4 is 0 Å². The van der Waals surface area contributed by atoms with Gasteiger partial charge in [-0.3, -0.25) is 11.3 Å². The van der Waals surface area contributed by atoms with Crippen LogP contribution in [-0.2, 0) is 44.1 Å². The van der Waals surface area contributed by atoms with E-state index in [1.165, 1.54) is 10.4 Å². The van der Waals surface area contributed by atoms with Crippen LogP contribution in [0.25, 0.3) is 0 Å². The molecule has 1 aromatic carbocycles. The Balaban J connectivity index is 0.00000261. The van der Waals surface area contributed by atoms with Crippen LogP contribution in [0.2, 0.25) is 0 Å². The van der Waals surface area contributed by atoms with Gasteiger partial charge in [0.1, 0.15) is 0 Å². The van der Waals surface area contributed by atoms with Gasteiger partial charge in [0.15, 0.2) is 0 Å². The van der Waals surface area contributed by atoms with Gasteiger partial charge in [0.2, 0.25) is 0 Å². The van der Waals surface area contributed by atoms with E-state index in [0.29, 0.717) is 25.0 Å². The van der Waals surface area contributed by atoms with E-state index in [9.17, 15) is 5.11 Å². The largest absolute Gasteiger partial charge is 0.389 e. The standard InChI is InChI=1S/C22H28ClO2S.Y/c1-2-3-6-22(24)17-9-7-16(8-10-17)19-11-12-21(23)20(19)15-25-14-18-5-4-13-26-18;/h4-5,7-10,19-22,24H,2-3,6,11-12,14-15H2,1H3;/q-1;. The van der Waals surface area contributed by atoms with Crippen LogP contribution in [0, 0.1) is 11.3 Å². The van der Waals surface area contributed by atoms with Gasteiger partial charge in [-0.15, -0.1) is 21.9 Å². The summed E-state index contributed by atoms with van der Waals surface area (Å²) in [5.41, 5.74) is 2.34. The van der Waals surface area contributed by atoms with Gasteiger partial charge in [0.05, 0.1) is 12.7 Å². The van der Waals surface area contributed by atoms with Crippen LogP contribution in [0.15, 0.2) is 36.4 Å². The molecule has 4 unspecified atom stereocenters. The van der Waals surface area contributed by atoms with Crippen LogP contribution in [0.5, 0.6) is 0 Å². The van der Waals surface area contributed by atoms with Crippen LogP contribution in [0.4, 0.5) is 0 Å². The topological polar surface area (TPSA) is 29.5 Å². The summed E-state index contributed by atoms with van der Waals surface area (Å²) >= 11 is 8.21. The molecule has 2 aromatic rings. The molecule has 1 radical (unpaired) electrons. The number of rotatable bonds is 9. The fourth-order valence-electron chi connectivity index (χ4n) is 3.83. The van der Waals surface area contributed by atoms with Crippen LogP contribution >= 0.6 is 22.9 Å². The molecule has 1 fully saturated rings. The van der Waals surface area contributed by atoms with Crippen molar-refractivity contribution >= 4 is 22.9 Å². The Morgan fingerprint density at radius 2 is 2.04 bits per heavy atom. The third-order valence-corrected chi connectivity index (χ3v) is 6.71. The molecule has 0 bridgehead atoms. The molecule has 0 aliphatic heterocycles. The summed E-state index contributed by atoms with van der Waals surface area (Å²) in [6.07, 6.45) is 4.79. The van der Waals surface area contributed by atoms with Crippen molar-refractivity contribution in [2.24, 2.45) is 5.92 Å². The zero-order valence-electron chi connectivity index (χ0n) is 15.9. The van der Waals surface area contributed by atoms with Crippen LogP contribution in [0.3, 0.4) is 0 Å². The van der Waals surface area contributed by atoms with E-state index in [4.69, 9.17) is 16.3 Å². The first-order chi connectivity index (χ1) is 12.7. The average Bonchev–Trinajstić information content (AvgIpc) is 3.30. The van der Waals surface area contributed by atoms with Crippen molar-refractivity contribution in [3.63, 3.8) is 0 Å². The first kappa shape index (κ1) is 23.5. The maximum absolute atomic E-state index is 10.3. The van der Waals surface area contributed by atoms with Gasteiger partial charge in [-0.05, 0) is 36.3 Å². The molecule has 1 heterocycles. The molecule has 3 rings (SSSR count). The van der Waals surface area contributed by atoms with Gasteiger partial charge in [-0.25, -0.2) is 0 Å². The fourth-order valence-corrected chi connectivity index (χ4v) is 4.77. The molecule has 1 saturated carbocycles. The summed E-state index contributed by atoms with van der Waals surface area (Å²) in [7, 11) is 0. The molecule has 5 heteroatoms. The number of thiophene rings is 1. The number of hydrogen-bond acceptors (Lipinski definition) is 3. The zero-order chi connectivity index (χ0) is 18.4. The van der Waals surface area contributed by atoms with Crippen molar-refractivity contribution in [3.8, 4) is 0 Å². The van der Waals surface area contributed by atoms with Crippen LogP contribution in [-0.4, -0.2) is 17.1 Å². The van der Waals surface area contributed by atoms with Gasteiger partial charge < -0.3 is 9.84 Å². The zero-order valence-corrected chi connectivity index (χ0v) is 20.4. The van der Waals surface area contributed by atoms with E-state index in [0.717, 1.165) is 37.7 Å². The summed E-state index contributed by atoms with van der Waals surface area (Å²) in [5, 5.41) is 13.5. The Hall–Kier alpha value is 0.234. The molecular formula is C22H28ClO2SY-. The molecule has 4 atom stereocenters. The molecule has 27 heavy (non-hydrogen) atoms. The Labute approximate surface area is 197 Å². The first-order valence-electron chi connectivity index (χ1n) is 9.63. The number of unbranched alkanes of at least 4 members (excludes halogenated alkanes) is 1. The van der Waals surface area contributed by atoms with Crippen molar-refractivity contribution in [1.82, 2.24) is 0 Å². The normalized spacial score (nSPS) is 23.1. The van der Waals surface area contributed by atoms with Gasteiger partial charge in [0.25, 0.3) is 0 Å². The molecule has 2 nitrogen and oxygen atoms in total. The van der Waals surface area contributed by atoms with Gasteiger partial charge in [0, 0.05) is 50.6 Å². The molecule has 0 amide bonds. The summed E-state index contributed by atoms with van der Waals surface area (Å²) in [6, 6.07) is 12.5. The van der Waals surface area contributed by atoms with Crippen molar-refractivity contribution < 1.29 is 42.6 Å². The molecule has 1 aliphatic rings. The Kier molecular flexibility index (Phi) is 10.5. The minimum atomic E-state index is -0.352. The molecule has 1 aliphatic carbocycles. The molecule has 0 saturated heterocycles. The molecule has 145 valence electrons. The average molecular weight is 481 g/mol. The fraction of sp³-hybridized carbons (Fsp3) is 0.545. The third-order valence-electron chi connectivity index (χ3n) is 5.40. The van der Waals surface area contributed by atoms with E-state index in [1.807, 2.05) is 6.07 Å². The quantitative estimate of drug-likeness (QED) is 0.348. The summed E-state index contributed by atoms with van der Waals surface area (Å²) in [5.74, 6) is 0.783. The van der Waals surface area contributed by atoms with E-state index in [-0.39, 0.29) is 44.2 Å². The minimum absolute atomic E-state index is 0. The second-order valence-electron chi connectivity index (χ2n) is 7.22. The minimum Gasteiger partial charge on any atom is -0.389 e. The SMILES string of the molecule is CCCCC(O)c1ccc(C2CCC(Cl)C2COCc2cc[c-]s2)cc1.[Y]. The van der Waals surface area contributed by atoms with Gasteiger partial charge >= 0.3 is 0 Å². The molecule has 0 spiro atoms. The second-order valence-corrected chi connectivity index (χ2v) is 8.75. The Morgan fingerprint density at radius 3 is 2.70 bits per heavy atom. The molecule has 1 N–H and O–H groups in total. The predicted octanol–water partition coefficient (Wildman–Crippen LogP) is 6.09. The number of alkyl halides is 1. The monoisotopic (exact) mass is 480 g/mol. The third kappa shape index (κ3) is 6.62. The van der Waals surface area contributed by atoms with E-state index in [1.54, 1.807) is 11.3 Å². The number of halogens is 1. The van der Waals surface area contributed by atoms with E-state index < -0.39 is 0 Å². The number of hydrogen-bond donors (Lipinski definition) is 1. The summed E-state index contributed by atoms with van der Waals surface area (Å²) < 4.78 is 5.96. The number of aliphatic hydroxyl groups excluding tert-OH is 1. The maximum Gasteiger partial charge on any atom is 0.0790 e. The van der Waals surface area contributed by atoms with Crippen molar-refractivity contribution in [1.29, 1.82) is 0 Å². The van der Waals surface area contributed by atoms with E-state index >= 15 is 0 Å². The van der Waals surface area contributed by atoms with Crippen molar-refractivity contribution in [2.75, 3.05) is 6.61 Å². The Bertz CT molecular complexity index is 647. The van der Waals surface area contributed by atoms with E-state index in [2.05, 4.69) is 42.6 Å². The molecule has 1 aromatic heterocycles. The van der Waals surface area contributed by atoms with Crippen molar-refractivity contribution in [2.45, 2.75) is 63.0 Å². The smallest absolute Gasteiger partial charge is 0.0790 e. The number of aliphatic hydroxyl groups is 1. The first-order valence-corrected chi connectivity index (χ1v) is 10.9.